The maximum Gasteiger partial charge on any atom is 0.338 e. The van der Waals surface area contributed by atoms with Crippen molar-refractivity contribution in [3.05, 3.63) is 57.6 Å². The number of hydrogen-bond donors (Lipinski definition) is 1. The number of ether oxygens (including phenoxy) is 2. The molecule has 0 saturated carbocycles. The predicted octanol–water partition coefficient (Wildman–Crippen LogP) is 4.17. The Labute approximate surface area is 206 Å². The molecule has 1 aliphatic rings. The fraction of sp³-hybridized carbons (Fsp3) is 0.360. The van der Waals surface area contributed by atoms with E-state index in [4.69, 9.17) is 9.47 Å². The first-order chi connectivity index (χ1) is 16.0. The minimum atomic E-state index is -0.678. The van der Waals surface area contributed by atoms with Gasteiger partial charge in [-0.05, 0) is 75.2 Å². The molecule has 2 aromatic rings. The van der Waals surface area contributed by atoms with E-state index in [9.17, 15) is 19.2 Å². The van der Waals surface area contributed by atoms with Crippen LogP contribution in [0.3, 0.4) is 0 Å². The van der Waals surface area contributed by atoms with Gasteiger partial charge in [0.1, 0.15) is 0 Å². The van der Waals surface area contributed by atoms with E-state index in [0.717, 1.165) is 15.6 Å². The molecule has 0 aromatic heterocycles. The van der Waals surface area contributed by atoms with Crippen molar-refractivity contribution < 1.29 is 28.7 Å². The number of anilines is 2. The van der Waals surface area contributed by atoms with Gasteiger partial charge in [0.05, 0.1) is 17.6 Å². The summed E-state index contributed by atoms with van der Waals surface area (Å²) in [6.07, 6.45) is -0.244. The predicted molar refractivity (Wildman–Crippen MR) is 131 cm³/mol. The lowest BCUT2D eigenvalue weighted by Crippen LogP contribution is -2.28. The number of esters is 2. The summed E-state index contributed by atoms with van der Waals surface area (Å²) < 4.78 is 11.3. The Morgan fingerprint density at radius 2 is 1.79 bits per heavy atom. The van der Waals surface area contributed by atoms with Crippen LogP contribution in [0.2, 0.25) is 0 Å². The van der Waals surface area contributed by atoms with Gasteiger partial charge < -0.3 is 19.7 Å². The molecule has 0 bridgehead atoms. The molecule has 0 radical (unpaired) electrons. The van der Waals surface area contributed by atoms with E-state index in [0.29, 0.717) is 16.9 Å². The second kappa shape index (κ2) is 10.8. The Bertz CT molecular complexity index is 1110. The number of hydrogen-bond acceptors (Lipinski definition) is 6. The summed E-state index contributed by atoms with van der Waals surface area (Å²) in [5, 5.41) is 2.74. The Kier molecular flexibility index (Phi) is 8.09. The molecule has 1 fully saturated rings. The van der Waals surface area contributed by atoms with Crippen molar-refractivity contribution in [1.29, 1.82) is 0 Å². The molecule has 3 rings (SSSR count). The standard InChI is InChI=1S/C25H27BrN2O6/c1-14(2)34-25(32)17-5-7-19(8-6-17)28-12-18(11-23(28)30)24(31)33-13-22(29)27-21-10-15(3)20(26)9-16(21)4/h5-10,14,18H,11-13H2,1-4H3,(H,27,29)/t18-/m0/s1. The zero-order chi connectivity index (χ0) is 25.0. The fourth-order valence-corrected chi connectivity index (χ4v) is 3.99. The van der Waals surface area contributed by atoms with Crippen LogP contribution in [0.5, 0.6) is 0 Å². The van der Waals surface area contributed by atoms with Gasteiger partial charge >= 0.3 is 11.9 Å². The number of carbonyl (C=O) groups excluding carboxylic acids is 4. The molecule has 1 aliphatic heterocycles. The van der Waals surface area contributed by atoms with Gasteiger partial charge in [-0.15, -0.1) is 0 Å². The lowest BCUT2D eigenvalue weighted by molar-refractivity contribution is -0.151. The molecule has 0 unspecified atom stereocenters. The van der Waals surface area contributed by atoms with E-state index < -0.39 is 30.4 Å². The summed E-state index contributed by atoms with van der Waals surface area (Å²) >= 11 is 3.44. The van der Waals surface area contributed by atoms with E-state index in [-0.39, 0.29) is 25.0 Å². The average Bonchev–Trinajstić information content (AvgIpc) is 3.17. The molecule has 1 atom stereocenters. The molecular formula is C25H27BrN2O6. The van der Waals surface area contributed by atoms with E-state index in [1.54, 1.807) is 38.1 Å². The largest absolute Gasteiger partial charge is 0.459 e. The normalized spacial score (nSPS) is 15.4. The highest BCUT2D eigenvalue weighted by Gasteiger charge is 2.36. The molecule has 1 N–H and O–H groups in total. The van der Waals surface area contributed by atoms with Gasteiger partial charge in [0.2, 0.25) is 5.91 Å². The maximum atomic E-state index is 12.5. The smallest absolute Gasteiger partial charge is 0.338 e. The molecule has 9 heteroatoms. The third-order valence-electron chi connectivity index (χ3n) is 5.34. The van der Waals surface area contributed by atoms with Gasteiger partial charge in [-0.25, -0.2) is 4.79 Å². The quantitative estimate of drug-likeness (QED) is 0.539. The van der Waals surface area contributed by atoms with Gasteiger partial charge in [-0.3, -0.25) is 14.4 Å². The van der Waals surface area contributed by atoms with Crippen LogP contribution in [0, 0.1) is 19.8 Å². The summed E-state index contributed by atoms with van der Waals surface area (Å²) in [6, 6.07) is 10.2. The number of benzene rings is 2. The minimum Gasteiger partial charge on any atom is -0.459 e. The lowest BCUT2D eigenvalue weighted by atomic mass is 10.1. The van der Waals surface area contributed by atoms with Crippen LogP contribution in [0.25, 0.3) is 0 Å². The Morgan fingerprint density at radius 1 is 1.12 bits per heavy atom. The summed E-state index contributed by atoms with van der Waals surface area (Å²) in [4.78, 5) is 50.7. The van der Waals surface area contributed by atoms with Gasteiger partial charge in [-0.2, -0.15) is 0 Å². The van der Waals surface area contributed by atoms with Crippen LogP contribution in [0.15, 0.2) is 40.9 Å². The third-order valence-corrected chi connectivity index (χ3v) is 6.20. The fourth-order valence-electron chi connectivity index (χ4n) is 3.53. The first-order valence-corrected chi connectivity index (χ1v) is 11.7. The summed E-state index contributed by atoms with van der Waals surface area (Å²) in [6.45, 7) is 7.00. The van der Waals surface area contributed by atoms with E-state index >= 15 is 0 Å². The summed E-state index contributed by atoms with van der Waals surface area (Å²) in [5.74, 6) is -2.41. The number of rotatable bonds is 7. The second-order valence-corrected chi connectivity index (χ2v) is 9.33. The third kappa shape index (κ3) is 6.22. The SMILES string of the molecule is Cc1cc(NC(=O)COC(=O)[C@H]2CC(=O)N(c3ccc(C(=O)OC(C)C)cc3)C2)c(C)cc1Br. The monoisotopic (exact) mass is 530 g/mol. The van der Waals surface area contributed by atoms with Crippen molar-refractivity contribution in [2.24, 2.45) is 5.92 Å². The van der Waals surface area contributed by atoms with E-state index in [1.807, 2.05) is 26.0 Å². The number of aryl methyl sites for hydroxylation is 2. The summed E-state index contributed by atoms with van der Waals surface area (Å²) in [7, 11) is 0. The molecule has 1 saturated heterocycles. The first-order valence-electron chi connectivity index (χ1n) is 10.9. The Hall–Kier alpha value is -3.20. The van der Waals surface area contributed by atoms with Crippen LogP contribution in [0.4, 0.5) is 11.4 Å². The van der Waals surface area contributed by atoms with Crippen molar-refractivity contribution in [3.63, 3.8) is 0 Å². The highest BCUT2D eigenvalue weighted by Crippen LogP contribution is 2.27. The molecule has 2 amide bonds. The number of nitrogens with one attached hydrogen (secondary N) is 1. The van der Waals surface area contributed by atoms with Crippen molar-refractivity contribution in [2.45, 2.75) is 40.2 Å². The molecular weight excluding hydrogens is 504 g/mol. The van der Waals surface area contributed by atoms with E-state index in [2.05, 4.69) is 21.2 Å². The van der Waals surface area contributed by atoms with Gasteiger partial charge in [0.25, 0.3) is 5.91 Å². The number of halogens is 1. The van der Waals surface area contributed by atoms with Crippen LogP contribution in [-0.2, 0) is 23.9 Å². The van der Waals surface area contributed by atoms with Crippen molar-refractivity contribution >= 4 is 51.1 Å². The molecule has 34 heavy (non-hydrogen) atoms. The van der Waals surface area contributed by atoms with Gasteiger partial charge in [0.15, 0.2) is 6.61 Å². The maximum absolute atomic E-state index is 12.5. The van der Waals surface area contributed by atoms with Crippen LogP contribution in [-0.4, -0.2) is 43.0 Å². The van der Waals surface area contributed by atoms with Gasteiger partial charge in [-0.1, -0.05) is 15.9 Å². The molecule has 8 nitrogen and oxygen atoms in total. The van der Waals surface area contributed by atoms with Crippen molar-refractivity contribution in [3.8, 4) is 0 Å². The zero-order valence-electron chi connectivity index (χ0n) is 19.5. The molecule has 1 heterocycles. The minimum absolute atomic E-state index is 0.0113. The molecule has 0 aliphatic carbocycles. The van der Waals surface area contributed by atoms with Crippen LogP contribution < -0.4 is 10.2 Å². The van der Waals surface area contributed by atoms with Crippen molar-refractivity contribution in [1.82, 2.24) is 0 Å². The zero-order valence-corrected chi connectivity index (χ0v) is 21.1. The number of nitrogens with zero attached hydrogens (tertiary/aromatic N) is 1. The molecule has 2 aromatic carbocycles. The summed E-state index contributed by atoms with van der Waals surface area (Å²) in [5.41, 5.74) is 3.43. The highest BCUT2D eigenvalue weighted by atomic mass is 79.9. The van der Waals surface area contributed by atoms with E-state index in [1.165, 1.54) is 4.90 Å². The first kappa shape index (κ1) is 25.4. The van der Waals surface area contributed by atoms with Gasteiger partial charge in [0, 0.05) is 28.8 Å². The highest BCUT2D eigenvalue weighted by molar-refractivity contribution is 9.10. The average molecular weight is 531 g/mol. The Morgan fingerprint density at radius 3 is 2.44 bits per heavy atom. The van der Waals surface area contributed by atoms with Crippen LogP contribution >= 0.6 is 15.9 Å². The second-order valence-electron chi connectivity index (χ2n) is 8.48. The number of carbonyl (C=O) groups is 4. The molecule has 0 spiro atoms. The van der Waals surface area contributed by atoms with Crippen LogP contribution in [0.1, 0.15) is 41.8 Å². The Balaban J connectivity index is 1.54. The van der Waals surface area contributed by atoms with Crippen molar-refractivity contribution in [2.75, 3.05) is 23.4 Å². The topological polar surface area (TPSA) is 102 Å². The lowest BCUT2D eigenvalue weighted by Gasteiger charge is -2.17. The molecule has 180 valence electrons. The number of amides is 2.